The molecule has 0 atom stereocenters. The lowest BCUT2D eigenvalue weighted by Gasteiger charge is -2.08. The lowest BCUT2D eigenvalue weighted by atomic mass is 10.2. The molecule has 12 heavy (non-hydrogen) atoms. The maximum absolute atomic E-state index is 12.1. The minimum Gasteiger partial charge on any atom is -0.250 e. The average molecular weight is 193 g/mol. The zero-order valence-corrected chi connectivity index (χ0v) is 7.08. The van der Waals surface area contributed by atoms with Crippen molar-refractivity contribution >= 4 is 12.6 Å². The minimum atomic E-state index is -4.37. The van der Waals surface area contributed by atoms with Crippen molar-refractivity contribution in [3.63, 3.8) is 0 Å². The van der Waals surface area contributed by atoms with Crippen molar-refractivity contribution in [2.45, 2.75) is 18.0 Å². The zero-order chi connectivity index (χ0) is 9.35. The van der Waals surface area contributed by atoms with Crippen LogP contribution in [-0.2, 0) is 6.18 Å². The molecule has 0 saturated heterocycles. The fourth-order valence-corrected chi connectivity index (χ4v) is 1.11. The highest BCUT2D eigenvalue weighted by atomic mass is 32.1. The monoisotopic (exact) mass is 193 g/mol. The molecule has 0 spiro atoms. The molecule has 66 valence electrons. The Morgan fingerprint density at radius 3 is 2.42 bits per heavy atom. The Kier molecular flexibility index (Phi) is 2.32. The first-order valence-electron chi connectivity index (χ1n) is 3.14. The topological polar surface area (TPSA) is 12.9 Å². The van der Waals surface area contributed by atoms with Crippen molar-refractivity contribution in [3.8, 4) is 0 Å². The number of halogens is 3. The normalized spacial score (nSPS) is 11.8. The standard InChI is InChI=1S/C7H6F3NS/c1-4-2-5(12)3-11-6(4)7(8,9)10/h2-3,12H,1H3. The summed E-state index contributed by atoms with van der Waals surface area (Å²) in [5, 5.41) is 0. The number of hydrogen-bond donors (Lipinski definition) is 1. The van der Waals surface area contributed by atoms with Crippen molar-refractivity contribution in [1.29, 1.82) is 0 Å². The summed E-state index contributed by atoms with van der Waals surface area (Å²) in [5.74, 6) is 0. The molecular formula is C7H6F3NS. The number of thiol groups is 1. The maximum Gasteiger partial charge on any atom is 0.433 e. The van der Waals surface area contributed by atoms with Crippen molar-refractivity contribution in [2.24, 2.45) is 0 Å². The van der Waals surface area contributed by atoms with E-state index in [0.29, 0.717) is 4.90 Å². The van der Waals surface area contributed by atoms with E-state index in [1.807, 2.05) is 0 Å². The Morgan fingerprint density at radius 2 is 2.00 bits per heavy atom. The van der Waals surface area contributed by atoms with Crippen LogP contribution < -0.4 is 0 Å². The van der Waals surface area contributed by atoms with Gasteiger partial charge in [-0.05, 0) is 18.6 Å². The first-order valence-corrected chi connectivity index (χ1v) is 3.59. The number of pyridine rings is 1. The van der Waals surface area contributed by atoms with E-state index in [1.54, 1.807) is 0 Å². The molecule has 5 heteroatoms. The van der Waals surface area contributed by atoms with Crippen LogP contribution in [0.3, 0.4) is 0 Å². The highest BCUT2D eigenvalue weighted by Crippen LogP contribution is 2.30. The molecule has 1 nitrogen and oxygen atoms in total. The number of hydrogen-bond acceptors (Lipinski definition) is 2. The molecule has 0 aliphatic heterocycles. The summed E-state index contributed by atoms with van der Waals surface area (Å²) >= 11 is 3.87. The first kappa shape index (κ1) is 9.38. The van der Waals surface area contributed by atoms with Gasteiger partial charge in [0.05, 0.1) is 0 Å². The quantitative estimate of drug-likeness (QED) is 0.625. The predicted molar refractivity (Wildman–Crippen MR) is 41.2 cm³/mol. The van der Waals surface area contributed by atoms with E-state index in [9.17, 15) is 13.2 Å². The van der Waals surface area contributed by atoms with E-state index in [1.165, 1.54) is 13.0 Å². The van der Waals surface area contributed by atoms with Gasteiger partial charge in [-0.1, -0.05) is 0 Å². The molecule has 0 aliphatic rings. The van der Waals surface area contributed by atoms with Crippen molar-refractivity contribution < 1.29 is 13.2 Å². The van der Waals surface area contributed by atoms with Crippen LogP contribution in [0.2, 0.25) is 0 Å². The number of rotatable bonds is 0. The van der Waals surface area contributed by atoms with E-state index >= 15 is 0 Å². The van der Waals surface area contributed by atoms with Crippen LogP contribution in [0, 0.1) is 6.92 Å². The van der Waals surface area contributed by atoms with Crippen LogP contribution in [-0.4, -0.2) is 4.98 Å². The van der Waals surface area contributed by atoms with Crippen LogP contribution in [0.4, 0.5) is 13.2 Å². The second kappa shape index (κ2) is 2.97. The van der Waals surface area contributed by atoms with Crippen molar-refractivity contribution in [3.05, 3.63) is 23.5 Å². The van der Waals surface area contributed by atoms with Crippen LogP contribution in [0.15, 0.2) is 17.2 Å². The molecule has 0 fully saturated rings. The summed E-state index contributed by atoms with van der Waals surface area (Å²) in [5.41, 5.74) is -0.754. The highest BCUT2D eigenvalue weighted by Gasteiger charge is 2.33. The Morgan fingerprint density at radius 1 is 1.42 bits per heavy atom. The lowest BCUT2D eigenvalue weighted by molar-refractivity contribution is -0.141. The van der Waals surface area contributed by atoms with E-state index in [-0.39, 0.29) is 5.56 Å². The van der Waals surface area contributed by atoms with Crippen molar-refractivity contribution in [1.82, 2.24) is 4.98 Å². The third kappa shape index (κ3) is 1.91. The molecule has 0 unspecified atom stereocenters. The van der Waals surface area contributed by atoms with E-state index in [2.05, 4.69) is 17.6 Å². The molecule has 0 saturated carbocycles. The molecule has 1 heterocycles. The summed E-state index contributed by atoms with van der Waals surface area (Å²) in [4.78, 5) is 3.68. The molecule has 0 bridgehead atoms. The molecule has 0 radical (unpaired) electrons. The number of aryl methyl sites for hydroxylation is 1. The maximum atomic E-state index is 12.1. The largest absolute Gasteiger partial charge is 0.433 e. The molecule has 1 aromatic rings. The Bertz CT molecular complexity index is 295. The van der Waals surface area contributed by atoms with Gasteiger partial charge in [0.2, 0.25) is 0 Å². The summed E-state index contributed by atoms with van der Waals surface area (Å²) < 4.78 is 36.3. The summed E-state index contributed by atoms with van der Waals surface area (Å²) in [6.45, 7) is 1.36. The third-order valence-electron chi connectivity index (χ3n) is 1.33. The zero-order valence-electron chi connectivity index (χ0n) is 6.18. The summed E-state index contributed by atoms with van der Waals surface area (Å²) in [6, 6.07) is 1.33. The van der Waals surface area contributed by atoms with E-state index < -0.39 is 11.9 Å². The summed E-state index contributed by atoms with van der Waals surface area (Å²) in [7, 11) is 0. The van der Waals surface area contributed by atoms with Crippen LogP contribution in [0.25, 0.3) is 0 Å². The van der Waals surface area contributed by atoms with Gasteiger partial charge in [0.25, 0.3) is 0 Å². The summed E-state index contributed by atoms with van der Waals surface area (Å²) in [6.07, 6.45) is -3.29. The second-order valence-electron chi connectivity index (χ2n) is 2.36. The van der Waals surface area contributed by atoms with Gasteiger partial charge in [-0.25, -0.2) is 0 Å². The van der Waals surface area contributed by atoms with Crippen molar-refractivity contribution in [2.75, 3.05) is 0 Å². The van der Waals surface area contributed by atoms with E-state index in [0.717, 1.165) is 6.20 Å². The molecule has 1 aromatic heterocycles. The SMILES string of the molecule is Cc1cc(S)cnc1C(F)(F)F. The van der Waals surface area contributed by atoms with E-state index in [4.69, 9.17) is 0 Å². The number of aromatic nitrogens is 1. The molecule has 0 amide bonds. The fraction of sp³-hybridized carbons (Fsp3) is 0.286. The third-order valence-corrected chi connectivity index (χ3v) is 1.58. The highest BCUT2D eigenvalue weighted by molar-refractivity contribution is 7.80. The molecular weight excluding hydrogens is 187 g/mol. The smallest absolute Gasteiger partial charge is 0.250 e. The number of nitrogens with zero attached hydrogens (tertiary/aromatic N) is 1. The number of alkyl halides is 3. The van der Waals surface area contributed by atoms with Crippen LogP contribution in [0.1, 0.15) is 11.3 Å². The Balaban J connectivity index is 3.19. The Labute approximate surface area is 73.0 Å². The van der Waals surface area contributed by atoms with Gasteiger partial charge >= 0.3 is 6.18 Å². The van der Waals surface area contributed by atoms with Gasteiger partial charge in [0.1, 0.15) is 5.69 Å². The molecule has 1 rings (SSSR count). The van der Waals surface area contributed by atoms with Gasteiger partial charge < -0.3 is 0 Å². The molecule has 0 N–H and O–H groups in total. The fourth-order valence-electron chi connectivity index (χ4n) is 0.857. The molecule has 0 aromatic carbocycles. The average Bonchev–Trinajstić information content (AvgIpc) is 1.83. The lowest BCUT2D eigenvalue weighted by Crippen LogP contribution is -2.09. The van der Waals surface area contributed by atoms with Gasteiger partial charge in [0.15, 0.2) is 0 Å². The van der Waals surface area contributed by atoms with Gasteiger partial charge in [-0.15, -0.1) is 12.6 Å². The van der Waals surface area contributed by atoms with Crippen LogP contribution >= 0.6 is 12.6 Å². The Hall–Kier alpha value is -0.710. The van der Waals surface area contributed by atoms with Gasteiger partial charge in [-0.2, -0.15) is 13.2 Å². The molecule has 0 aliphatic carbocycles. The van der Waals surface area contributed by atoms with Gasteiger partial charge in [0, 0.05) is 11.1 Å². The predicted octanol–water partition coefficient (Wildman–Crippen LogP) is 2.70. The minimum absolute atomic E-state index is 0.0926. The van der Waals surface area contributed by atoms with Gasteiger partial charge in [-0.3, -0.25) is 4.98 Å². The second-order valence-corrected chi connectivity index (χ2v) is 2.87. The first-order chi connectivity index (χ1) is 5.41. The van der Waals surface area contributed by atoms with Crippen LogP contribution in [0.5, 0.6) is 0 Å².